The van der Waals surface area contributed by atoms with Crippen LogP contribution in [-0.4, -0.2) is 46.5 Å². The fraction of sp³-hybridized carbons (Fsp3) is 0.217. The number of fused-ring (bicyclic) bond motifs is 1. The molecular formula is C23H20N4O4. The number of morpholine rings is 1. The van der Waals surface area contributed by atoms with Crippen LogP contribution in [0.1, 0.15) is 11.1 Å². The summed E-state index contributed by atoms with van der Waals surface area (Å²) < 4.78 is 12.5. The number of ether oxygens (including phenoxy) is 2. The molecule has 0 spiro atoms. The van der Waals surface area contributed by atoms with Gasteiger partial charge in [0.25, 0.3) is 11.5 Å². The normalized spacial score (nSPS) is 14.3. The van der Waals surface area contributed by atoms with Crippen molar-refractivity contribution in [1.29, 1.82) is 5.26 Å². The van der Waals surface area contributed by atoms with Crippen molar-refractivity contribution in [3.05, 3.63) is 75.7 Å². The predicted octanol–water partition coefficient (Wildman–Crippen LogP) is 2.56. The van der Waals surface area contributed by atoms with E-state index < -0.39 is 11.5 Å². The molecule has 3 heterocycles. The number of carbonyl (C=O) groups excluding carboxylic acids is 1. The number of aryl methyl sites for hydroxylation is 1. The summed E-state index contributed by atoms with van der Waals surface area (Å²) >= 11 is 0. The maximum Gasteiger partial charge on any atom is 0.269 e. The van der Waals surface area contributed by atoms with E-state index in [2.05, 4.69) is 4.98 Å². The van der Waals surface area contributed by atoms with E-state index in [0.29, 0.717) is 37.7 Å². The number of hydrogen-bond donors (Lipinski definition) is 0. The lowest BCUT2D eigenvalue weighted by atomic mass is 10.1. The van der Waals surface area contributed by atoms with Crippen LogP contribution in [0, 0.1) is 18.3 Å². The first kappa shape index (κ1) is 20.3. The van der Waals surface area contributed by atoms with Gasteiger partial charge in [-0.15, -0.1) is 0 Å². The van der Waals surface area contributed by atoms with Gasteiger partial charge in [0, 0.05) is 19.3 Å². The number of benzene rings is 1. The topological polar surface area (TPSA) is 96.9 Å². The van der Waals surface area contributed by atoms with Crippen molar-refractivity contribution in [2.24, 2.45) is 0 Å². The third-order valence-corrected chi connectivity index (χ3v) is 4.94. The van der Waals surface area contributed by atoms with Crippen molar-refractivity contribution in [1.82, 2.24) is 14.3 Å². The molecule has 0 atom stereocenters. The Morgan fingerprint density at radius 2 is 1.94 bits per heavy atom. The highest BCUT2D eigenvalue weighted by Gasteiger charge is 2.23. The summed E-state index contributed by atoms with van der Waals surface area (Å²) in [6.45, 7) is 3.43. The SMILES string of the molecule is Cc1cccn2c(=O)c(C=C(C#N)C(=O)N3CCOCC3)c(Oc3ccccc3)nc12. The summed E-state index contributed by atoms with van der Waals surface area (Å²) in [5.41, 5.74) is 0.671. The number of aromatic nitrogens is 2. The van der Waals surface area contributed by atoms with E-state index in [0.717, 1.165) is 5.56 Å². The molecule has 156 valence electrons. The average molecular weight is 416 g/mol. The highest BCUT2D eigenvalue weighted by atomic mass is 16.5. The van der Waals surface area contributed by atoms with Gasteiger partial charge in [-0.05, 0) is 36.8 Å². The van der Waals surface area contributed by atoms with Gasteiger partial charge in [0.1, 0.15) is 28.6 Å². The Morgan fingerprint density at radius 3 is 2.65 bits per heavy atom. The fourth-order valence-corrected chi connectivity index (χ4v) is 3.32. The van der Waals surface area contributed by atoms with Gasteiger partial charge in [0.2, 0.25) is 5.88 Å². The number of nitriles is 1. The molecule has 3 aromatic rings. The minimum atomic E-state index is -0.454. The van der Waals surface area contributed by atoms with Crippen molar-refractivity contribution >= 4 is 17.6 Å². The molecule has 4 rings (SSSR count). The van der Waals surface area contributed by atoms with Crippen molar-refractivity contribution in [2.75, 3.05) is 26.3 Å². The Bertz CT molecular complexity index is 1250. The van der Waals surface area contributed by atoms with Crippen LogP contribution in [0.3, 0.4) is 0 Å². The van der Waals surface area contributed by atoms with Crippen LogP contribution in [0.25, 0.3) is 11.7 Å². The Kier molecular flexibility index (Phi) is 5.78. The molecule has 1 fully saturated rings. The van der Waals surface area contributed by atoms with Gasteiger partial charge in [-0.3, -0.25) is 14.0 Å². The summed E-state index contributed by atoms with van der Waals surface area (Å²) in [6, 6.07) is 14.4. The maximum atomic E-state index is 13.3. The van der Waals surface area contributed by atoms with Gasteiger partial charge in [-0.25, -0.2) is 0 Å². The van der Waals surface area contributed by atoms with Crippen molar-refractivity contribution in [2.45, 2.75) is 6.92 Å². The second-order valence-electron chi connectivity index (χ2n) is 7.01. The first-order valence-electron chi connectivity index (χ1n) is 9.82. The smallest absolute Gasteiger partial charge is 0.269 e. The van der Waals surface area contributed by atoms with Gasteiger partial charge in [0.15, 0.2) is 0 Å². The molecule has 0 aliphatic carbocycles. The molecule has 8 nitrogen and oxygen atoms in total. The van der Waals surface area contributed by atoms with Crippen LogP contribution >= 0.6 is 0 Å². The van der Waals surface area contributed by atoms with Crippen LogP contribution in [0.4, 0.5) is 0 Å². The van der Waals surface area contributed by atoms with E-state index >= 15 is 0 Å². The average Bonchev–Trinajstić information content (AvgIpc) is 2.80. The summed E-state index contributed by atoms with van der Waals surface area (Å²) in [7, 11) is 0. The first-order chi connectivity index (χ1) is 15.1. The van der Waals surface area contributed by atoms with E-state index in [1.165, 1.54) is 15.4 Å². The van der Waals surface area contributed by atoms with Crippen LogP contribution in [0.5, 0.6) is 11.6 Å². The number of pyridine rings is 1. The van der Waals surface area contributed by atoms with Crippen LogP contribution in [0.2, 0.25) is 0 Å². The Hall–Kier alpha value is -3.96. The second-order valence-corrected chi connectivity index (χ2v) is 7.01. The molecule has 0 radical (unpaired) electrons. The number of hydrogen-bond acceptors (Lipinski definition) is 6. The van der Waals surface area contributed by atoms with E-state index in [1.807, 2.05) is 25.1 Å². The second kappa shape index (κ2) is 8.81. The molecule has 1 aromatic carbocycles. The van der Waals surface area contributed by atoms with Crippen molar-refractivity contribution in [3.8, 4) is 17.7 Å². The lowest BCUT2D eigenvalue weighted by Crippen LogP contribution is -2.41. The summed E-state index contributed by atoms with van der Waals surface area (Å²) in [5, 5.41) is 9.65. The molecule has 1 aliphatic rings. The molecule has 1 saturated heterocycles. The molecule has 0 unspecified atom stereocenters. The van der Waals surface area contributed by atoms with E-state index in [9.17, 15) is 14.9 Å². The Morgan fingerprint density at radius 1 is 1.19 bits per heavy atom. The molecule has 2 aromatic heterocycles. The van der Waals surface area contributed by atoms with Crippen molar-refractivity contribution < 1.29 is 14.3 Å². The molecule has 0 N–H and O–H groups in total. The van der Waals surface area contributed by atoms with Gasteiger partial charge in [0.05, 0.1) is 13.2 Å². The lowest BCUT2D eigenvalue weighted by Gasteiger charge is -2.26. The first-order valence-corrected chi connectivity index (χ1v) is 9.82. The largest absolute Gasteiger partial charge is 0.438 e. The summed E-state index contributed by atoms with van der Waals surface area (Å²) in [4.78, 5) is 32.2. The number of amides is 1. The van der Waals surface area contributed by atoms with Gasteiger partial charge >= 0.3 is 0 Å². The number of nitrogens with zero attached hydrogens (tertiary/aromatic N) is 4. The predicted molar refractivity (Wildman–Crippen MR) is 114 cm³/mol. The standard InChI is InChI=1S/C23H20N4O4/c1-16-6-5-9-27-20(16)25-21(31-18-7-3-2-4-8-18)19(23(27)29)14-17(15-24)22(28)26-10-12-30-13-11-26/h2-9,14H,10-13H2,1H3. The van der Waals surface area contributed by atoms with Crippen LogP contribution < -0.4 is 10.3 Å². The van der Waals surface area contributed by atoms with Crippen molar-refractivity contribution in [3.63, 3.8) is 0 Å². The number of para-hydroxylation sites is 1. The van der Waals surface area contributed by atoms with Crippen LogP contribution in [-0.2, 0) is 9.53 Å². The van der Waals surface area contributed by atoms with Crippen LogP contribution in [0.15, 0.2) is 59.0 Å². The fourth-order valence-electron chi connectivity index (χ4n) is 3.32. The van der Waals surface area contributed by atoms with Gasteiger partial charge in [-0.2, -0.15) is 10.2 Å². The quantitative estimate of drug-likeness (QED) is 0.479. The lowest BCUT2D eigenvalue weighted by molar-refractivity contribution is -0.130. The summed E-state index contributed by atoms with van der Waals surface area (Å²) in [5.74, 6) is 0.0678. The van der Waals surface area contributed by atoms with E-state index in [-0.39, 0.29) is 17.0 Å². The number of carbonyl (C=O) groups is 1. The maximum absolute atomic E-state index is 13.3. The zero-order valence-electron chi connectivity index (χ0n) is 16.9. The minimum absolute atomic E-state index is 0.0325. The zero-order valence-corrected chi connectivity index (χ0v) is 16.9. The van der Waals surface area contributed by atoms with E-state index in [1.54, 1.807) is 36.5 Å². The third-order valence-electron chi connectivity index (χ3n) is 4.94. The highest BCUT2D eigenvalue weighted by Crippen LogP contribution is 2.24. The molecule has 0 saturated carbocycles. The molecule has 8 heteroatoms. The van der Waals surface area contributed by atoms with Gasteiger partial charge in [-0.1, -0.05) is 24.3 Å². The number of rotatable bonds is 4. The van der Waals surface area contributed by atoms with Gasteiger partial charge < -0.3 is 14.4 Å². The summed E-state index contributed by atoms with van der Waals surface area (Å²) in [6.07, 6.45) is 2.86. The zero-order chi connectivity index (χ0) is 21.8. The Labute approximate surface area is 178 Å². The highest BCUT2D eigenvalue weighted by molar-refractivity contribution is 6.02. The third kappa shape index (κ3) is 4.17. The molecule has 1 amide bonds. The van der Waals surface area contributed by atoms with E-state index in [4.69, 9.17) is 9.47 Å². The monoisotopic (exact) mass is 416 g/mol. The molecular weight excluding hydrogens is 396 g/mol. The minimum Gasteiger partial charge on any atom is -0.438 e. The molecule has 31 heavy (non-hydrogen) atoms. The molecule has 0 bridgehead atoms. The molecule has 1 aliphatic heterocycles. The Balaban J connectivity index is 1.86.